The van der Waals surface area contributed by atoms with E-state index in [2.05, 4.69) is 31.2 Å². The molecule has 88 valence electrons. The van der Waals surface area contributed by atoms with Gasteiger partial charge in [-0.05, 0) is 25.7 Å². The van der Waals surface area contributed by atoms with Crippen LogP contribution < -0.4 is 0 Å². The van der Waals surface area contributed by atoms with Crippen LogP contribution >= 0.6 is 11.6 Å². The number of alkyl halides is 1. The standard InChI is InChI=1S/C14H25Cl/c1-2-3-4-5-6-7-8-9-10-11-12-13-14-15/h3-6H,2,7-14H2,1H3/b4-3+,6-5+. The van der Waals surface area contributed by atoms with Crippen LogP contribution in [-0.4, -0.2) is 5.88 Å². The quantitative estimate of drug-likeness (QED) is 0.264. The third kappa shape index (κ3) is 13.8. The summed E-state index contributed by atoms with van der Waals surface area (Å²) in [6, 6.07) is 0. The lowest BCUT2D eigenvalue weighted by atomic mass is 10.1. The minimum absolute atomic E-state index is 0.826. The summed E-state index contributed by atoms with van der Waals surface area (Å²) >= 11 is 5.61. The van der Waals surface area contributed by atoms with E-state index in [0.717, 1.165) is 12.3 Å². The van der Waals surface area contributed by atoms with Crippen molar-refractivity contribution in [2.75, 3.05) is 5.88 Å². The number of unbranched alkanes of at least 4 members (excludes halogenated alkanes) is 6. The monoisotopic (exact) mass is 228 g/mol. The number of allylic oxidation sites excluding steroid dienone is 4. The Hall–Kier alpha value is -0.230. The lowest BCUT2D eigenvalue weighted by Crippen LogP contribution is -1.80. The maximum atomic E-state index is 5.61. The van der Waals surface area contributed by atoms with E-state index in [-0.39, 0.29) is 0 Å². The minimum atomic E-state index is 0.826. The summed E-state index contributed by atoms with van der Waals surface area (Å²) in [6.45, 7) is 2.16. The topological polar surface area (TPSA) is 0 Å². The molecule has 0 heterocycles. The van der Waals surface area contributed by atoms with Crippen LogP contribution in [0, 0.1) is 0 Å². The van der Waals surface area contributed by atoms with Gasteiger partial charge in [-0.3, -0.25) is 0 Å². The Morgan fingerprint density at radius 2 is 1.40 bits per heavy atom. The molecule has 0 atom stereocenters. The molecule has 0 aromatic heterocycles. The predicted molar refractivity (Wildman–Crippen MR) is 71.6 cm³/mol. The maximum absolute atomic E-state index is 5.61. The van der Waals surface area contributed by atoms with E-state index < -0.39 is 0 Å². The summed E-state index contributed by atoms with van der Waals surface area (Å²) in [6.07, 6.45) is 19.0. The highest BCUT2D eigenvalue weighted by Crippen LogP contribution is 2.07. The fraction of sp³-hybridized carbons (Fsp3) is 0.714. The van der Waals surface area contributed by atoms with E-state index in [4.69, 9.17) is 11.6 Å². The Kier molecular flexibility index (Phi) is 13.6. The number of rotatable bonds is 10. The van der Waals surface area contributed by atoms with Crippen LogP contribution in [-0.2, 0) is 0 Å². The summed E-state index contributed by atoms with van der Waals surface area (Å²) in [7, 11) is 0. The molecule has 15 heavy (non-hydrogen) atoms. The van der Waals surface area contributed by atoms with E-state index >= 15 is 0 Å². The molecule has 0 aromatic rings. The van der Waals surface area contributed by atoms with Crippen molar-refractivity contribution in [1.82, 2.24) is 0 Å². The SMILES string of the molecule is CC/C=C/C=C/CCCCCCCCCl. The highest BCUT2D eigenvalue weighted by Gasteiger charge is 1.89. The van der Waals surface area contributed by atoms with Gasteiger partial charge in [-0.2, -0.15) is 0 Å². The summed E-state index contributed by atoms with van der Waals surface area (Å²) < 4.78 is 0. The fourth-order valence-electron chi connectivity index (χ4n) is 1.45. The van der Waals surface area contributed by atoms with Crippen LogP contribution in [0.4, 0.5) is 0 Å². The first kappa shape index (κ1) is 14.8. The summed E-state index contributed by atoms with van der Waals surface area (Å²) in [4.78, 5) is 0. The smallest absolute Gasteiger partial charge is 0.0223 e. The van der Waals surface area contributed by atoms with Crippen molar-refractivity contribution in [3.8, 4) is 0 Å². The Labute approximate surface area is 100 Å². The summed E-state index contributed by atoms with van der Waals surface area (Å²) in [5.41, 5.74) is 0. The van der Waals surface area contributed by atoms with Gasteiger partial charge in [-0.15, -0.1) is 11.6 Å². The Bertz CT molecular complexity index is 159. The van der Waals surface area contributed by atoms with Gasteiger partial charge in [0, 0.05) is 5.88 Å². The van der Waals surface area contributed by atoms with Crippen LogP contribution in [0.2, 0.25) is 0 Å². The lowest BCUT2D eigenvalue weighted by Gasteiger charge is -1.98. The molecule has 0 aliphatic rings. The molecule has 0 amide bonds. The molecular weight excluding hydrogens is 204 g/mol. The van der Waals surface area contributed by atoms with Crippen LogP contribution in [0.3, 0.4) is 0 Å². The van der Waals surface area contributed by atoms with Crippen molar-refractivity contribution in [2.45, 2.75) is 58.3 Å². The van der Waals surface area contributed by atoms with Crippen LogP contribution in [0.5, 0.6) is 0 Å². The molecule has 0 saturated heterocycles. The molecule has 0 radical (unpaired) electrons. The number of hydrogen-bond donors (Lipinski definition) is 0. The highest BCUT2D eigenvalue weighted by molar-refractivity contribution is 6.17. The zero-order valence-electron chi connectivity index (χ0n) is 10.1. The molecule has 0 nitrogen and oxygen atoms in total. The molecule has 0 aliphatic carbocycles. The van der Waals surface area contributed by atoms with Gasteiger partial charge >= 0.3 is 0 Å². The molecule has 0 N–H and O–H groups in total. The van der Waals surface area contributed by atoms with Crippen molar-refractivity contribution >= 4 is 11.6 Å². The van der Waals surface area contributed by atoms with Crippen LogP contribution in [0.1, 0.15) is 58.3 Å². The third-order valence-electron chi connectivity index (χ3n) is 2.37. The zero-order valence-corrected chi connectivity index (χ0v) is 10.8. The maximum Gasteiger partial charge on any atom is 0.0223 e. The molecule has 0 unspecified atom stereocenters. The Morgan fingerprint density at radius 3 is 2.07 bits per heavy atom. The van der Waals surface area contributed by atoms with Crippen molar-refractivity contribution in [1.29, 1.82) is 0 Å². The molecule has 0 aliphatic heterocycles. The summed E-state index contributed by atoms with van der Waals surface area (Å²) in [5, 5.41) is 0. The van der Waals surface area contributed by atoms with Crippen molar-refractivity contribution in [2.24, 2.45) is 0 Å². The molecule has 1 heteroatoms. The highest BCUT2D eigenvalue weighted by atomic mass is 35.5. The van der Waals surface area contributed by atoms with E-state index in [1.807, 2.05) is 0 Å². The first-order valence-electron chi connectivity index (χ1n) is 6.29. The summed E-state index contributed by atoms with van der Waals surface area (Å²) in [5.74, 6) is 0.826. The third-order valence-corrected chi connectivity index (χ3v) is 2.64. The average molecular weight is 229 g/mol. The zero-order chi connectivity index (χ0) is 11.2. The molecular formula is C14H25Cl. The van der Waals surface area contributed by atoms with E-state index in [0.29, 0.717) is 0 Å². The van der Waals surface area contributed by atoms with Gasteiger partial charge < -0.3 is 0 Å². The first-order valence-corrected chi connectivity index (χ1v) is 6.83. The molecule has 0 spiro atoms. The van der Waals surface area contributed by atoms with E-state index in [1.165, 1.54) is 44.9 Å². The predicted octanol–water partition coefficient (Wildman–Crippen LogP) is 5.48. The normalized spacial score (nSPS) is 11.9. The molecule has 0 bridgehead atoms. The molecule has 0 saturated carbocycles. The largest absolute Gasteiger partial charge is 0.127 e. The second kappa shape index (κ2) is 13.8. The van der Waals surface area contributed by atoms with Gasteiger partial charge in [-0.1, -0.05) is 56.9 Å². The average Bonchev–Trinajstić information content (AvgIpc) is 2.26. The van der Waals surface area contributed by atoms with E-state index in [9.17, 15) is 0 Å². The van der Waals surface area contributed by atoms with Gasteiger partial charge in [0.1, 0.15) is 0 Å². The Balaban J connectivity index is 3.04. The van der Waals surface area contributed by atoms with Crippen LogP contribution in [0.15, 0.2) is 24.3 Å². The molecule has 0 fully saturated rings. The van der Waals surface area contributed by atoms with Gasteiger partial charge in [0.05, 0.1) is 0 Å². The fourth-order valence-corrected chi connectivity index (χ4v) is 1.64. The number of halogens is 1. The lowest BCUT2D eigenvalue weighted by molar-refractivity contribution is 0.612. The molecule has 0 aromatic carbocycles. The minimum Gasteiger partial charge on any atom is -0.127 e. The van der Waals surface area contributed by atoms with Crippen molar-refractivity contribution in [3.63, 3.8) is 0 Å². The van der Waals surface area contributed by atoms with Gasteiger partial charge in [0.15, 0.2) is 0 Å². The van der Waals surface area contributed by atoms with Gasteiger partial charge in [-0.25, -0.2) is 0 Å². The first-order chi connectivity index (χ1) is 7.41. The second-order valence-electron chi connectivity index (χ2n) is 3.86. The van der Waals surface area contributed by atoms with E-state index in [1.54, 1.807) is 0 Å². The molecule has 0 rings (SSSR count). The van der Waals surface area contributed by atoms with Crippen molar-refractivity contribution in [3.05, 3.63) is 24.3 Å². The van der Waals surface area contributed by atoms with Crippen LogP contribution in [0.25, 0.3) is 0 Å². The van der Waals surface area contributed by atoms with Gasteiger partial charge in [0.25, 0.3) is 0 Å². The van der Waals surface area contributed by atoms with Crippen molar-refractivity contribution < 1.29 is 0 Å². The second-order valence-corrected chi connectivity index (χ2v) is 4.24. The Morgan fingerprint density at radius 1 is 0.800 bits per heavy atom. The number of hydrogen-bond acceptors (Lipinski definition) is 0. The van der Waals surface area contributed by atoms with Gasteiger partial charge in [0.2, 0.25) is 0 Å².